The van der Waals surface area contributed by atoms with Crippen molar-refractivity contribution in [2.45, 2.75) is 6.54 Å². The quantitative estimate of drug-likeness (QED) is 0.493. The van der Waals surface area contributed by atoms with Crippen LogP contribution in [0.5, 0.6) is 0 Å². The molecule has 0 amide bonds. The largest absolute Gasteiger partial charge is 0.465 e. The minimum atomic E-state index is -0.738. The summed E-state index contributed by atoms with van der Waals surface area (Å²) in [5.74, 6) is -0.738. The number of hydrogen-bond acceptors (Lipinski definition) is 6. The molecule has 0 saturated carbocycles. The lowest BCUT2D eigenvalue weighted by Crippen LogP contribution is -2.12. The van der Waals surface area contributed by atoms with Crippen molar-refractivity contribution in [1.82, 2.24) is 9.78 Å². The third kappa shape index (κ3) is 3.56. The molecule has 2 aromatic rings. The Labute approximate surface area is 120 Å². The molecule has 0 unspecified atom stereocenters. The van der Waals surface area contributed by atoms with Gasteiger partial charge in [0.25, 0.3) is 5.69 Å². The molecular weight excluding hydrogens is 276 g/mol. The van der Waals surface area contributed by atoms with Gasteiger partial charge in [-0.05, 0) is 18.2 Å². The summed E-state index contributed by atoms with van der Waals surface area (Å²) in [5, 5.41) is 18.0. The zero-order chi connectivity index (χ0) is 15.2. The first-order chi connectivity index (χ1) is 10.1. The van der Waals surface area contributed by atoms with E-state index in [0.717, 1.165) is 0 Å². The van der Waals surface area contributed by atoms with Crippen LogP contribution in [0.25, 0.3) is 0 Å². The van der Waals surface area contributed by atoms with Gasteiger partial charge in [0.15, 0.2) is 0 Å². The highest BCUT2D eigenvalue weighted by Gasteiger charge is 2.21. The second-order valence-electron chi connectivity index (χ2n) is 4.18. The van der Waals surface area contributed by atoms with Crippen molar-refractivity contribution in [1.29, 1.82) is 0 Å². The molecule has 21 heavy (non-hydrogen) atoms. The van der Waals surface area contributed by atoms with Crippen molar-refractivity contribution in [3.05, 3.63) is 52.3 Å². The maximum Gasteiger partial charge on any atom is 0.344 e. The van der Waals surface area contributed by atoms with E-state index in [9.17, 15) is 14.9 Å². The standard InChI is InChI=1S/C13H14N4O4/c1-21-13(18)11-9-10(3-4-12(11)17(19)20)14-6-8-16-7-2-5-15-16/h2-5,7,9,14H,6,8H2,1H3. The maximum absolute atomic E-state index is 11.6. The summed E-state index contributed by atoms with van der Waals surface area (Å²) < 4.78 is 6.31. The number of anilines is 1. The van der Waals surface area contributed by atoms with Gasteiger partial charge in [-0.1, -0.05) is 0 Å². The predicted molar refractivity (Wildman–Crippen MR) is 75.2 cm³/mol. The van der Waals surface area contributed by atoms with Gasteiger partial charge in [0.2, 0.25) is 0 Å². The first-order valence-electron chi connectivity index (χ1n) is 6.20. The number of nitrogens with one attached hydrogen (secondary N) is 1. The fourth-order valence-electron chi connectivity index (χ4n) is 1.83. The van der Waals surface area contributed by atoms with Crippen molar-refractivity contribution in [3.63, 3.8) is 0 Å². The van der Waals surface area contributed by atoms with Gasteiger partial charge in [-0.25, -0.2) is 4.79 Å². The Morgan fingerprint density at radius 1 is 1.52 bits per heavy atom. The molecule has 0 radical (unpaired) electrons. The number of aromatic nitrogens is 2. The van der Waals surface area contributed by atoms with Crippen molar-refractivity contribution in [2.24, 2.45) is 0 Å². The Balaban J connectivity index is 2.09. The summed E-state index contributed by atoms with van der Waals surface area (Å²) in [6.07, 6.45) is 3.51. The van der Waals surface area contributed by atoms with Crippen LogP contribution in [0.3, 0.4) is 0 Å². The molecule has 1 heterocycles. The fourth-order valence-corrected chi connectivity index (χ4v) is 1.83. The number of carbonyl (C=O) groups excluding carboxylic acids is 1. The van der Waals surface area contributed by atoms with E-state index < -0.39 is 10.9 Å². The van der Waals surface area contributed by atoms with Gasteiger partial charge < -0.3 is 10.1 Å². The average molecular weight is 290 g/mol. The molecule has 0 fully saturated rings. The third-order valence-corrected chi connectivity index (χ3v) is 2.83. The SMILES string of the molecule is COC(=O)c1cc(NCCn2cccn2)ccc1[N+](=O)[O-]. The van der Waals surface area contributed by atoms with Crippen molar-refractivity contribution < 1.29 is 14.5 Å². The second-order valence-corrected chi connectivity index (χ2v) is 4.18. The first kappa shape index (κ1) is 14.5. The van der Waals surface area contributed by atoms with Crippen molar-refractivity contribution in [2.75, 3.05) is 19.0 Å². The van der Waals surface area contributed by atoms with E-state index in [4.69, 9.17) is 0 Å². The lowest BCUT2D eigenvalue weighted by Gasteiger charge is -2.08. The van der Waals surface area contributed by atoms with E-state index in [1.54, 1.807) is 16.9 Å². The number of ether oxygens (including phenoxy) is 1. The van der Waals surface area contributed by atoms with Crippen LogP contribution < -0.4 is 5.32 Å². The summed E-state index contributed by atoms with van der Waals surface area (Å²) >= 11 is 0. The Bertz CT molecular complexity index is 640. The monoisotopic (exact) mass is 290 g/mol. The van der Waals surface area contributed by atoms with Crippen molar-refractivity contribution in [3.8, 4) is 0 Å². The zero-order valence-electron chi connectivity index (χ0n) is 11.4. The molecule has 110 valence electrons. The first-order valence-corrected chi connectivity index (χ1v) is 6.20. The summed E-state index contributed by atoms with van der Waals surface area (Å²) in [6.45, 7) is 1.21. The van der Waals surface area contributed by atoms with Gasteiger partial charge in [0, 0.05) is 30.7 Å². The number of hydrogen-bond donors (Lipinski definition) is 1. The Kier molecular flexibility index (Phi) is 4.50. The maximum atomic E-state index is 11.6. The number of nitrogens with zero attached hydrogens (tertiary/aromatic N) is 3. The Hall–Kier alpha value is -2.90. The zero-order valence-corrected chi connectivity index (χ0v) is 11.4. The molecule has 2 rings (SSSR count). The highest BCUT2D eigenvalue weighted by atomic mass is 16.6. The molecule has 8 nitrogen and oxygen atoms in total. The third-order valence-electron chi connectivity index (χ3n) is 2.83. The smallest absolute Gasteiger partial charge is 0.344 e. The molecule has 0 aliphatic carbocycles. The van der Waals surface area contributed by atoms with Crippen LogP contribution in [0.1, 0.15) is 10.4 Å². The Morgan fingerprint density at radius 3 is 2.95 bits per heavy atom. The summed E-state index contributed by atoms with van der Waals surface area (Å²) in [5.41, 5.74) is 0.249. The van der Waals surface area contributed by atoms with Gasteiger partial charge in [-0.3, -0.25) is 14.8 Å². The normalized spacial score (nSPS) is 10.1. The molecule has 8 heteroatoms. The van der Waals surface area contributed by atoms with E-state index in [1.165, 1.54) is 19.2 Å². The molecule has 0 bridgehead atoms. The van der Waals surface area contributed by atoms with Crippen LogP contribution in [-0.2, 0) is 11.3 Å². The van der Waals surface area contributed by atoms with Crippen LogP contribution in [0, 0.1) is 10.1 Å². The van der Waals surface area contributed by atoms with Crippen LogP contribution in [0.2, 0.25) is 0 Å². The molecular formula is C13H14N4O4. The van der Waals surface area contributed by atoms with Crippen LogP contribution in [-0.4, -0.2) is 34.3 Å². The molecule has 0 aliphatic heterocycles. The van der Waals surface area contributed by atoms with E-state index >= 15 is 0 Å². The summed E-state index contributed by atoms with van der Waals surface area (Å²) in [4.78, 5) is 21.9. The average Bonchev–Trinajstić information content (AvgIpc) is 2.99. The van der Waals surface area contributed by atoms with E-state index in [2.05, 4.69) is 15.2 Å². The van der Waals surface area contributed by atoms with Crippen LogP contribution in [0.4, 0.5) is 11.4 Å². The Morgan fingerprint density at radius 2 is 2.33 bits per heavy atom. The van der Waals surface area contributed by atoms with E-state index in [1.807, 2.05) is 12.3 Å². The minimum absolute atomic E-state index is 0.0772. The summed E-state index contributed by atoms with van der Waals surface area (Å²) in [6, 6.07) is 6.06. The number of nitro groups is 1. The molecule has 0 spiro atoms. The lowest BCUT2D eigenvalue weighted by molar-refractivity contribution is -0.385. The number of benzene rings is 1. The van der Waals surface area contributed by atoms with Crippen LogP contribution >= 0.6 is 0 Å². The van der Waals surface area contributed by atoms with Gasteiger partial charge in [0.05, 0.1) is 18.6 Å². The van der Waals surface area contributed by atoms with Gasteiger partial charge >= 0.3 is 5.97 Å². The highest BCUT2D eigenvalue weighted by Crippen LogP contribution is 2.23. The number of rotatable bonds is 6. The molecule has 0 atom stereocenters. The molecule has 1 N–H and O–H groups in total. The molecule has 0 aliphatic rings. The topological polar surface area (TPSA) is 99.3 Å². The van der Waals surface area contributed by atoms with E-state index in [-0.39, 0.29) is 11.3 Å². The lowest BCUT2D eigenvalue weighted by atomic mass is 10.1. The van der Waals surface area contributed by atoms with Gasteiger partial charge in [-0.2, -0.15) is 5.10 Å². The number of methoxy groups -OCH3 is 1. The number of carbonyl (C=O) groups is 1. The van der Waals surface area contributed by atoms with Gasteiger partial charge in [0.1, 0.15) is 5.56 Å². The molecule has 1 aromatic carbocycles. The molecule has 0 saturated heterocycles. The van der Waals surface area contributed by atoms with Crippen molar-refractivity contribution >= 4 is 17.3 Å². The predicted octanol–water partition coefficient (Wildman–Crippen LogP) is 1.69. The minimum Gasteiger partial charge on any atom is -0.465 e. The van der Waals surface area contributed by atoms with Crippen LogP contribution in [0.15, 0.2) is 36.7 Å². The van der Waals surface area contributed by atoms with Gasteiger partial charge in [-0.15, -0.1) is 0 Å². The highest BCUT2D eigenvalue weighted by molar-refractivity contribution is 5.95. The van der Waals surface area contributed by atoms with E-state index in [0.29, 0.717) is 18.8 Å². The fraction of sp³-hybridized carbons (Fsp3) is 0.231. The number of nitro benzene ring substituents is 1. The summed E-state index contributed by atoms with van der Waals surface area (Å²) in [7, 11) is 1.18. The molecule has 1 aromatic heterocycles. The second kappa shape index (κ2) is 6.51. The number of esters is 1.